The fourth-order valence-corrected chi connectivity index (χ4v) is 3.23. The number of hydrogen-bond acceptors (Lipinski definition) is 4. The van der Waals surface area contributed by atoms with E-state index in [2.05, 4.69) is 20.8 Å². The average molecular weight is 356 g/mol. The van der Waals surface area contributed by atoms with Gasteiger partial charge in [0, 0.05) is 12.6 Å². The van der Waals surface area contributed by atoms with Crippen molar-refractivity contribution in [2.24, 2.45) is 0 Å². The number of carbonyl (C=O) groups is 1. The normalized spacial score (nSPS) is 15.3. The van der Waals surface area contributed by atoms with Gasteiger partial charge in [-0.1, -0.05) is 37.8 Å². The van der Waals surface area contributed by atoms with Crippen LogP contribution >= 0.6 is 0 Å². The largest absolute Gasteiger partial charge is 0.366 e. The van der Waals surface area contributed by atoms with Gasteiger partial charge in [-0.3, -0.25) is 4.79 Å². The van der Waals surface area contributed by atoms with E-state index in [0.717, 1.165) is 24.2 Å². The molecule has 2 N–H and O–H groups in total. The predicted molar refractivity (Wildman–Crippen MR) is 99.6 cm³/mol. The molecule has 1 heterocycles. The van der Waals surface area contributed by atoms with Gasteiger partial charge < -0.3 is 10.6 Å². The van der Waals surface area contributed by atoms with E-state index in [-0.39, 0.29) is 11.7 Å². The van der Waals surface area contributed by atoms with Crippen LogP contribution < -0.4 is 10.6 Å². The third-order valence-electron chi connectivity index (χ3n) is 4.72. The molecule has 6 heteroatoms. The lowest BCUT2D eigenvalue weighted by Gasteiger charge is -2.16. The monoisotopic (exact) mass is 356 g/mol. The minimum absolute atomic E-state index is 0.249. The van der Waals surface area contributed by atoms with Crippen molar-refractivity contribution in [3.05, 3.63) is 53.5 Å². The zero-order valence-electron chi connectivity index (χ0n) is 14.9. The zero-order chi connectivity index (χ0) is 18.2. The van der Waals surface area contributed by atoms with Crippen LogP contribution in [0.15, 0.2) is 36.4 Å². The molecule has 0 atom stereocenters. The summed E-state index contributed by atoms with van der Waals surface area (Å²) >= 11 is 0. The van der Waals surface area contributed by atoms with Crippen LogP contribution in [0.5, 0.6) is 0 Å². The Kier molecular flexibility index (Phi) is 6.52. The van der Waals surface area contributed by atoms with Crippen LogP contribution in [0.3, 0.4) is 0 Å². The molecule has 1 fully saturated rings. The first-order chi connectivity index (χ1) is 12.7. The smallest absolute Gasteiger partial charge is 0.271 e. The fraction of sp³-hybridized carbons (Fsp3) is 0.450. The summed E-state index contributed by atoms with van der Waals surface area (Å²) in [4.78, 5) is 12.1. The highest BCUT2D eigenvalue weighted by atomic mass is 19.1. The number of carbonyl (C=O) groups excluding carboxylic acids is 1. The Morgan fingerprint density at radius 2 is 1.73 bits per heavy atom. The van der Waals surface area contributed by atoms with Crippen LogP contribution in [-0.2, 0) is 6.42 Å². The van der Waals surface area contributed by atoms with Crippen LogP contribution in [-0.4, -0.2) is 28.7 Å². The minimum atomic E-state index is -0.259. The van der Waals surface area contributed by atoms with E-state index < -0.39 is 0 Å². The first-order valence-electron chi connectivity index (χ1n) is 9.33. The first kappa shape index (κ1) is 18.3. The number of hydrogen-bond donors (Lipinski definition) is 2. The number of benzene rings is 1. The van der Waals surface area contributed by atoms with E-state index in [4.69, 9.17) is 0 Å². The Morgan fingerprint density at radius 3 is 2.38 bits per heavy atom. The second-order valence-corrected chi connectivity index (χ2v) is 6.77. The average Bonchev–Trinajstić information content (AvgIpc) is 2.92. The standard InChI is InChI=1S/C20H25FN4O/c21-16-9-7-15(8-10-16)13-14-22-20(26)18-11-12-19(25-24-18)23-17-5-3-1-2-4-6-17/h7-12,17H,1-6,13-14H2,(H,22,26)(H,23,25). The fourth-order valence-electron chi connectivity index (χ4n) is 3.23. The SMILES string of the molecule is O=C(NCCc1ccc(F)cc1)c1ccc(NC2CCCCCC2)nn1. The van der Waals surface area contributed by atoms with Crippen molar-refractivity contribution in [1.82, 2.24) is 15.5 Å². The molecule has 1 aromatic heterocycles. The zero-order valence-corrected chi connectivity index (χ0v) is 14.9. The molecule has 26 heavy (non-hydrogen) atoms. The molecular formula is C20H25FN4O. The van der Waals surface area contributed by atoms with Crippen molar-refractivity contribution in [2.75, 3.05) is 11.9 Å². The van der Waals surface area contributed by atoms with Crippen molar-refractivity contribution in [1.29, 1.82) is 0 Å². The molecule has 0 radical (unpaired) electrons. The van der Waals surface area contributed by atoms with Gasteiger partial charge in [0.2, 0.25) is 0 Å². The summed E-state index contributed by atoms with van der Waals surface area (Å²) in [6.07, 6.45) is 8.07. The molecule has 0 aliphatic heterocycles. The van der Waals surface area contributed by atoms with Crippen LogP contribution in [0.4, 0.5) is 10.2 Å². The lowest BCUT2D eigenvalue weighted by atomic mass is 10.1. The van der Waals surface area contributed by atoms with E-state index in [9.17, 15) is 9.18 Å². The number of aromatic nitrogens is 2. The van der Waals surface area contributed by atoms with Gasteiger partial charge in [-0.15, -0.1) is 10.2 Å². The van der Waals surface area contributed by atoms with Crippen molar-refractivity contribution in [3.63, 3.8) is 0 Å². The second-order valence-electron chi connectivity index (χ2n) is 6.77. The van der Waals surface area contributed by atoms with E-state index >= 15 is 0 Å². The molecule has 0 bridgehead atoms. The van der Waals surface area contributed by atoms with Crippen molar-refractivity contribution >= 4 is 11.7 Å². The molecule has 1 aliphatic rings. The highest BCUT2D eigenvalue weighted by Crippen LogP contribution is 2.20. The molecule has 3 rings (SSSR count). The van der Waals surface area contributed by atoms with Crippen LogP contribution in [0.1, 0.15) is 54.6 Å². The van der Waals surface area contributed by atoms with E-state index in [1.807, 2.05) is 6.07 Å². The highest BCUT2D eigenvalue weighted by molar-refractivity contribution is 5.92. The van der Waals surface area contributed by atoms with Gasteiger partial charge >= 0.3 is 0 Å². The maximum absolute atomic E-state index is 12.9. The number of anilines is 1. The van der Waals surface area contributed by atoms with Gasteiger partial charge in [-0.05, 0) is 49.1 Å². The van der Waals surface area contributed by atoms with E-state index in [1.165, 1.54) is 37.8 Å². The molecule has 5 nitrogen and oxygen atoms in total. The topological polar surface area (TPSA) is 66.9 Å². The Morgan fingerprint density at radius 1 is 1.00 bits per heavy atom. The third kappa shape index (κ3) is 5.51. The molecule has 1 aromatic carbocycles. The second kappa shape index (κ2) is 9.27. The van der Waals surface area contributed by atoms with Gasteiger partial charge in [0.25, 0.3) is 5.91 Å². The van der Waals surface area contributed by atoms with Crippen LogP contribution in [0.2, 0.25) is 0 Å². The summed E-state index contributed by atoms with van der Waals surface area (Å²) in [6, 6.07) is 10.2. The molecule has 2 aromatic rings. The Labute approximate surface area is 153 Å². The maximum Gasteiger partial charge on any atom is 0.271 e. The maximum atomic E-state index is 12.9. The van der Waals surface area contributed by atoms with Gasteiger partial charge in [0.1, 0.15) is 11.6 Å². The Hall–Kier alpha value is -2.50. The molecule has 0 saturated heterocycles. The molecular weight excluding hydrogens is 331 g/mol. The summed E-state index contributed by atoms with van der Waals surface area (Å²) < 4.78 is 12.9. The number of amides is 1. The number of nitrogens with one attached hydrogen (secondary N) is 2. The summed E-state index contributed by atoms with van der Waals surface area (Å²) in [5, 5.41) is 14.4. The van der Waals surface area contributed by atoms with Crippen LogP contribution in [0, 0.1) is 5.82 Å². The molecule has 0 spiro atoms. The van der Waals surface area contributed by atoms with Gasteiger partial charge in [0.15, 0.2) is 5.69 Å². The predicted octanol–water partition coefficient (Wildman–Crippen LogP) is 3.72. The van der Waals surface area contributed by atoms with Gasteiger partial charge in [-0.25, -0.2) is 4.39 Å². The van der Waals surface area contributed by atoms with Crippen molar-refractivity contribution < 1.29 is 9.18 Å². The molecule has 1 aliphatic carbocycles. The number of halogens is 1. The lowest BCUT2D eigenvalue weighted by molar-refractivity contribution is 0.0948. The highest BCUT2D eigenvalue weighted by Gasteiger charge is 2.13. The third-order valence-corrected chi connectivity index (χ3v) is 4.72. The lowest BCUT2D eigenvalue weighted by Crippen LogP contribution is -2.27. The van der Waals surface area contributed by atoms with Crippen molar-refractivity contribution in [2.45, 2.75) is 51.0 Å². The molecule has 0 unspecified atom stereocenters. The molecule has 1 saturated carbocycles. The van der Waals surface area contributed by atoms with Gasteiger partial charge in [0.05, 0.1) is 0 Å². The van der Waals surface area contributed by atoms with Crippen molar-refractivity contribution in [3.8, 4) is 0 Å². The van der Waals surface area contributed by atoms with Crippen LogP contribution in [0.25, 0.3) is 0 Å². The first-order valence-corrected chi connectivity index (χ1v) is 9.33. The van der Waals surface area contributed by atoms with Gasteiger partial charge in [-0.2, -0.15) is 0 Å². The summed E-state index contributed by atoms with van der Waals surface area (Å²) in [5.74, 6) is 0.214. The number of rotatable bonds is 6. The Bertz CT molecular complexity index is 695. The minimum Gasteiger partial charge on any atom is -0.366 e. The quantitative estimate of drug-likeness (QED) is 0.774. The summed E-state index contributed by atoms with van der Waals surface area (Å²) in [7, 11) is 0. The molecule has 138 valence electrons. The molecule has 1 amide bonds. The summed E-state index contributed by atoms with van der Waals surface area (Å²) in [6.45, 7) is 0.466. The van der Waals surface area contributed by atoms with E-state index in [1.54, 1.807) is 18.2 Å². The Balaban J connectivity index is 1.46. The summed E-state index contributed by atoms with van der Waals surface area (Å²) in [5.41, 5.74) is 1.27. The number of nitrogens with zero attached hydrogens (tertiary/aromatic N) is 2. The van der Waals surface area contributed by atoms with E-state index in [0.29, 0.717) is 24.7 Å².